The van der Waals surface area contributed by atoms with Crippen molar-refractivity contribution in [1.82, 2.24) is 10.3 Å². The van der Waals surface area contributed by atoms with E-state index in [-0.39, 0.29) is 0 Å². The van der Waals surface area contributed by atoms with E-state index in [9.17, 15) is 0 Å². The van der Waals surface area contributed by atoms with Crippen molar-refractivity contribution in [2.24, 2.45) is 5.16 Å². The summed E-state index contributed by atoms with van der Waals surface area (Å²) in [5.74, 6) is 0. The first-order valence-electron chi connectivity index (χ1n) is 7.09. The third-order valence-electron chi connectivity index (χ3n) is 3.68. The standard InChI is InChI=1S/C17H17N3O2/c1-11-4-6-15(8-12(11)2)13(3)18-21-10-14-5-7-16-17(9-14)20-22-19-16/h4-9H,10H2,1-3H3/b18-13+. The maximum atomic E-state index is 5.44. The number of hydrogen-bond donors (Lipinski definition) is 0. The van der Waals surface area contributed by atoms with Crippen LogP contribution in [-0.4, -0.2) is 16.0 Å². The van der Waals surface area contributed by atoms with Gasteiger partial charge >= 0.3 is 0 Å². The normalized spacial score (nSPS) is 11.9. The number of aryl methyl sites for hydroxylation is 2. The Kier molecular flexibility index (Phi) is 3.87. The Morgan fingerprint density at radius 3 is 2.68 bits per heavy atom. The zero-order valence-corrected chi connectivity index (χ0v) is 12.8. The summed E-state index contributed by atoms with van der Waals surface area (Å²) in [4.78, 5) is 5.44. The fourth-order valence-corrected chi connectivity index (χ4v) is 2.14. The lowest BCUT2D eigenvalue weighted by Crippen LogP contribution is -1.98. The molecule has 2 aromatic carbocycles. The van der Waals surface area contributed by atoms with E-state index in [1.807, 2.05) is 25.1 Å². The molecule has 0 bridgehead atoms. The van der Waals surface area contributed by atoms with Crippen LogP contribution in [0.15, 0.2) is 46.2 Å². The number of oxime groups is 1. The van der Waals surface area contributed by atoms with Gasteiger partial charge in [-0.3, -0.25) is 0 Å². The molecule has 1 aromatic heterocycles. The van der Waals surface area contributed by atoms with Gasteiger partial charge in [0.05, 0.1) is 5.71 Å². The minimum absolute atomic E-state index is 0.380. The molecular formula is C17H17N3O2. The molecule has 112 valence electrons. The van der Waals surface area contributed by atoms with E-state index in [0.717, 1.165) is 27.9 Å². The number of rotatable bonds is 4. The van der Waals surface area contributed by atoms with Crippen LogP contribution < -0.4 is 0 Å². The molecule has 0 saturated heterocycles. The molecule has 0 aliphatic heterocycles. The second-order valence-corrected chi connectivity index (χ2v) is 5.34. The Balaban J connectivity index is 1.68. The van der Waals surface area contributed by atoms with Gasteiger partial charge in [0.15, 0.2) is 0 Å². The summed E-state index contributed by atoms with van der Waals surface area (Å²) in [6.45, 7) is 6.50. The van der Waals surface area contributed by atoms with E-state index in [0.29, 0.717) is 6.61 Å². The van der Waals surface area contributed by atoms with E-state index >= 15 is 0 Å². The van der Waals surface area contributed by atoms with E-state index in [1.165, 1.54) is 11.1 Å². The summed E-state index contributed by atoms with van der Waals surface area (Å²) in [7, 11) is 0. The first-order chi connectivity index (χ1) is 10.6. The molecule has 0 saturated carbocycles. The Labute approximate surface area is 128 Å². The topological polar surface area (TPSA) is 60.5 Å². The van der Waals surface area contributed by atoms with Crippen molar-refractivity contribution >= 4 is 16.7 Å². The lowest BCUT2D eigenvalue weighted by atomic mass is 10.0. The van der Waals surface area contributed by atoms with Crippen molar-refractivity contribution in [3.8, 4) is 0 Å². The zero-order chi connectivity index (χ0) is 15.5. The van der Waals surface area contributed by atoms with Crippen LogP contribution >= 0.6 is 0 Å². The second-order valence-electron chi connectivity index (χ2n) is 5.34. The van der Waals surface area contributed by atoms with Crippen LogP contribution in [0.2, 0.25) is 0 Å². The SMILES string of the molecule is C/C(=N\OCc1ccc2nonc2c1)c1ccc(C)c(C)c1. The fourth-order valence-electron chi connectivity index (χ4n) is 2.14. The number of nitrogens with zero attached hydrogens (tertiary/aromatic N) is 3. The summed E-state index contributed by atoms with van der Waals surface area (Å²) in [6, 6.07) is 11.9. The molecule has 5 nitrogen and oxygen atoms in total. The van der Waals surface area contributed by atoms with Crippen LogP contribution in [-0.2, 0) is 11.4 Å². The molecule has 0 spiro atoms. The Morgan fingerprint density at radius 2 is 1.86 bits per heavy atom. The van der Waals surface area contributed by atoms with Gasteiger partial charge in [0.2, 0.25) is 0 Å². The molecule has 0 atom stereocenters. The summed E-state index contributed by atoms with van der Waals surface area (Å²) in [6.07, 6.45) is 0. The van der Waals surface area contributed by atoms with Crippen molar-refractivity contribution < 1.29 is 9.47 Å². The van der Waals surface area contributed by atoms with Gasteiger partial charge in [-0.2, -0.15) is 0 Å². The summed E-state index contributed by atoms with van der Waals surface area (Å²) in [5.41, 5.74) is 6.86. The second kappa shape index (κ2) is 5.97. The van der Waals surface area contributed by atoms with Gasteiger partial charge < -0.3 is 4.84 Å². The maximum Gasteiger partial charge on any atom is 0.142 e. The quantitative estimate of drug-likeness (QED) is 0.543. The molecule has 1 heterocycles. The third-order valence-corrected chi connectivity index (χ3v) is 3.68. The van der Waals surface area contributed by atoms with Crippen LogP contribution in [0.3, 0.4) is 0 Å². The molecule has 3 rings (SSSR count). The fraction of sp³-hybridized carbons (Fsp3) is 0.235. The number of fused-ring (bicyclic) bond motifs is 1. The first-order valence-corrected chi connectivity index (χ1v) is 7.09. The first kappa shape index (κ1) is 14.3. The lowest BCUT2D eigenvalue weighted by molar-refractivity contribution is 0.130. The molecule has 5 heteroatoms. The molecule has 0 N–H and O–H groups in total. The van der Waals surface area contributed by atoms with E-state index < -0.39 is 0 Å². The molecule has 3 aromatic rings. The largest absolute Gasteiger partial charge is 0.391 e. The van der Waals surface area contributed by atoms with E-state index in [2.05, 4.69) is 52.1 Å². The molecule has 0 aliphatic carbocycles. The molecule has 0 fully saturated rings. The minimum atomic E-state index is 0.380. The van der Waals surface area contributed by atoms with Crippen molar-refractivity contribution in [3.05, 3.63) is 58.7 Å². The van der Waals surface area contributed by atoms with Gasteiger partial charge in [0.25, 0.3) is 0 Å². The number of aromatic nitrogens is 2. The van der Waals surface area contributed by atoms with E-state index in [1.54, 1.807) is 0 Å². The van der Waals surface area contributed by atoms with Gasteiger partial charge in [-0.05, 0) is 71.5 Å². The predicted octanol–water partition coefficient (Wildman–Crippen LogP) is 3.78. The van der Waals surface area contributed by atoms with Gasteiger partial charge in [-0.1, -0.05) is 23.4 Å². The summed E-state index contributed by atoms with van der Waals surface area (Å²) in [5, 5.41) is 11.8. The highest BCUT2D eigenvalue weighted by molar-refractivity contribution is 5.98. The maximum absolute atomic E-state index is 5.44. The highest BCUT2D eigenvalue weighted by atomic mass is 16.6. The van der Waals surface area contributed by atoms with Crippen LogP contribution in [0.4, 0.5) is 0 Å². The zero-order valence-electron chi connectivity index (χ0n) is 12.8. The van der Waals surface area contributed by atoms with Crippen molar-refractivity contribution in [2.75, 3.05) is 0 Å². The van der Waals surface area contributed by atoms with Gasteiger partial charge in [0.1, 0.15) is 17.6 Å². The Bertz CT molecular complexity index is 837. The monoisotopic (exact) mass is 295 g/mol. The van der Waals surface area contributed by atoms with E-state index in [4.69, 9.17) is 4.84 Å². The summed E-state index contributed by atoms with van der Waals surface area (Å²) >= 11 is 0. The van der Waals surface area contributed by atoms with Crippen LogP contribution in [0.1, 0.15) is 29.2 Å². The van der Waals surface area contributed by atoms with Crippen molar-refractivity contribution in [1.29, 1.82) is 0 Å². The van der Waals surface area contributed by atoms with Crippen molar-refractivity contribution in [3.63, 3.8) is 0 Å². The highest BCUT2D eigenvalue weighted by Crippen LogP contribution is 2.14. The molecule has 0 amide bonds. The number of benzene rings is 2. The lowest BCUT2D eigenvalue weighted by Gasteiger charge is -2.05. The van der Waals surface area contributed by atoms with Gasteiger partial charge in [-0.25, -0.2) is 4.63 Å². The van der Waals surface area contributed by atoms with Crippen LogP contribution in [0.5, 0.6) is 0 Å². The van der Waals surface area contributed by atoms with Gasteiger partial charge in [0, 0.05) is 0 Å². The average molecular weight is 295 g/mol. The molecule has 0 aliphatic rings. The third kappa shape index (κ3) is 2.98. The molecule has 22 heavy (non-hydrogen) atoms. The molecule has 0 unspecified atom stereocenters. The predicted molar refractivity (Wildman–Crippen MR) is 84.7 cm³/mol. The Hall–Kier alpha value is -2.69. The smallest absolute Gasteiger partial charge is 0.142 e. The summed E-state index contributed by atoms with van der Waals surface area (Å²) < 4.78 is 4.67. The van der Waals surface area contributed by atoms with Crippen LogP contribution in [0, 0.1) is 13.8 Å². The number of hydrogen-bond acceptors (Lipinski definition) is 5. The molecule has 0 radical (unpaired) electrons. The Morgan fingerprint density at radius 1 is 1.05 bits per heavy atom. The van der Waals surface area contributed by atoms with Gasteiger partial charge in [-0.15, -0.1) is 0 Å². The highest BCUT2D eigenvalue weighted by Gasteiger charge is 2.03. The van der Waals surface area contributed by atoms with Crippen molar-refractivity contribution in [2.45, 2.75) is 27.4 Å². The average Bonchev–Trinajstić information content (AvgIpc) is 2.97. The minimum Gasteiger partial charge on any atom is -0.391 e. The molecular weight excluding hydrogens is 278 g/mol. The van der Waals surface area contributed by atoms with Crippen LogP contribution in [0.25, 0.3) is 11.0 Å².